The van der Waals surface area contributed by atoms with Crippen LogP contribution < -0.4 is 10.6 Å². The van der Waals surface area contributed by atoms with Gasteiger partial charge < -0.3 is 15.4 Å². The summed E-state index contributed by atoms with van der Waals surface area (Å²) >= 11 is 0. The third-order valence-electron chi connectivity index (χ3n) is 3.41. The van der Waals surface area contributed by atoms with Crippen molar-refractivity contribution in [2.75, 3.05) is 26.8 Å². The van der Waals surface area contributed by atoms with E-state index in [9.17, 15) is 4.79 Å². The fraction of sp³-hybridized carbons (Fsp3) is 0.917. The molecule has 0 saturated carbocycles. The topological polar surface area (TPSA) is 50.4 Å². The smallest absolute Gasteiger partial charge is 0.222 e. The molecule has 1 rings (SSSR count). The molecule has 5 heteroatoms. The Hall–Kier alpha value is -0.320. The minimum absolute atomic E-state index is 0. The number of carbonyl (C=O) groups is 1. The number of amides is 1. The third-order valence-corrected chi connectivity index (χ3v) is 3.41. The molecule has 17 heavy (non-hydrogen) atoms. The molecule has 4 nitrogen and oxygen atoms in total. The van der Waals surface area contributed by atoms with Crippen molar-refractivity contribution in [1.82, 2.24) is 10.6 Å². The van der Waals surface area contributed by atoms with Crippen LogP contribution in [0.5, 0.6) is 0 Å². The fourth-order valence-electron chi connectivity index (χ4n) is 2.09. The number of halogens is 1. The van der Waals surface area contributed by atoms with Crippen LogP contribution in [-0.4, -0.2) is 38.3 Å². The Kier molecular flexibility index (Phi) is 7.75. The van der Waals surface area contributed by atoms with Gasteiger partial charge in [0.2, 0.25) is 5.91 Å². The predicted octanol–water partition coefficient (Wildman–Crippen LogP) is 1.34. The summed E-state index contributed by atoms with van der Waals surface area (Å²) in [5, 5.41) is 6.46. The van der Waals surface area contributed by atoms with Gasteiger partial charge in [0.05, 0.1) is 12.1 Å². The second-order valence-electron chi connectivity index (χ2n) is 4.77. The lowest BCUT2D eigenvalue weighted by atomic mass is 9.98. The molecule has 1 aliphatic heterocycles. The molecule has 1 aliphatic rings. The Bertz CT molecular complexity index is 231. The first-order valence-electron chi connectivity index (χ1n) is 6.15. The molecule has 0 aliphatic carbocycles. The number of hydrogen-bond acceptors (Lipinski definition) is 3. The molecule has 2 unspecified atom stereocenters. The summed E-state index contributed by atoms with van der Waals surface area (Å²) in [4.78, 5) is 11.7. The molecule has 2 N–H and O–H groups in total. The lowest BCUT2D eigenvalue weighted by molar-refractivity contribution is -0.125. The van der Waals surface area contributed by atoms with Gasteiger partial charge in [-0.15, -0.1) is 12.4 Å². The Morgan fingerprint density at radius 3 is 2.76 bits per heavy atom. The molecule has 0 aromatic carbocycles. The number of rotatable bonds is 6. The number of methoxy groups -OCH3 is 1. The van der Waals surface area contributed by atoms with Crippen LogP contribution in [0.25, 0.3) is 0 Å². The molecule has 102 valence electrons. The first kappa shape index (κ1) is 16.7. The second kappa shape index (κ2) is 7.90. The van der Waals surface area contributed by atoms with E-state index in [1.807, 2.05) is 13.8 Å². The van der Waals surface area contributed by atoms with Crippen molar-refractivity contribution in [3.63, 3.8) is 0 Å². The average Bonchev–Trinajstić information content (AvgIpc) is 2.74. The van der Waals surface area contributed by atoms with Crippen LogP contribution in [0, 0.1) is 5.92 Å². The fourth-order valence-corrected chi connectivity index (χ4v) is 2.09. The second-order valence-corrected chi connectivity index (χ2v) is 4.77. The van der Waals surface area contributed by atoms with Crippen molar-refractivity contribution in [2.45, 2.75) is 38.6 Å². The number of carbonyl (C=O) groups excluding carboxylic acids is 1. The average molecular weight is 265 g/mol. The largest absolute Gasteiger partial charge is 0.383 e. The van der Waals surface area contributed by atoms with Gasteiger partial charge in [0.1, 0.15) is 0 Å². The van der Waals surface area contributed by atoms with E-state index in [0.29, 0.717) is 13.2 Å². The highest BCUT2D eigenvalue weighted by atomic mass is 35.5. The van der Waals surface area contributed by atoms with E-state index in [-0.39, 0.29) is 29.8 Å². The van der Waals surface area contributed by atoms with Crippen molar-refractivity contribution < 1.29 is 9.53 Å². The van der Waals surface area contributed by atoms with E-state index in [4.69, 9.17) is 4.74 Å². The molecular weight excluding hydrogens is 240 g/mol. The van der Waals surface area contributed by atoms with Crippen LogP contribution in [0.3, 0.4) is 0 Å². The maximum absolute atomic E-state index is 11.7. The van der Waals surface area contributed by atoms with Gasteiger partial charge in [0, 0.05) is 19.6 Å². The van der Waals surface area contributed by atoms with Crippen LogP contribution >= 0.6 is 12.4 Å². The summed E-state index contributed by atoms with van der Waals surface area (Å²) in [6, 6.07) is 0. The van der Waals surface area contributed by atoms with Gasteiger partial charge in [-0.1, -0.05) is 13.8 Å². The van der Waals surface area contributed by atoms with E-state index < -0.39 is 0 Å². The van der Waals surface area contributed by atoms with Crippen LogP contribution in [0.2, 0.25) is 0 Å². The van der Waals surface area contributed by atoms with Crippen LogP contribution in [0.4, 0.5) is 0 Å². The summed E-state index contributed by atoms with van der Waals surface area (Å²) < 4.78 is 5.23. The Morgan fingerprint density at radius 2 is 2.29 bits per heavy atom. The van der Waals surface area contributed by atoms with Crippen molar-refractivity contribution in [2.24, 2.45) is 5.92 Å². The molecule has 2 atom stereocenters. The maximum Gasteiger partial charge on any atom is 0.222 e. The molecule has 1 fully saturated rings. The molecule has 1 saturated heterocycles. The van der Waals surface area contributed by atoms with Crippen molar-refractivity contribution in [3.05, 3.63) is 0 Å². The SMILES string of the molecule is CCC(C)C(=O)NCC1(COC)CCCN1.Cl. The maximum atomic E-state index is 11.7. The Balaban J connectivity index is 0.00000256. The summed E-state index contributed by atoms with van der Waals surface area (Å²) in [6.07, 6.45) is 3.11. The number of nitrogens with one attached hydrogen (secondary N) is 2. The van der Waals surface area contributed by atoms with Gasteiger partial charge in [-0.05, 0) is 25.8 Å². The standard InChI is InChI=1S/C12H24N2O2.ClH/c1-4-10(2)11(15)13-8-12(9-16-3)6-5-7-14-12;/h10,14H,4-9H2,1-3H3,(H,13,15);1H. The van der Waals surface area contributed by atoms with Crippen molar-refractivity contribution in [1.29, 1.82) is 0 Å². The van der Waals surface area contributed by atoms with Crippen molar-refractivity contribution >= 4 is 18.3 Å². The van der Waals surface area contributed by atoms with Gasteiger partial charge in [-0.2, -0.15) is 0 Å². The van der Waals surface area contributed by atoms with Gasteiger partial charge in [0.25, 0.3) is 0 Å². The highest BCUT2D eigenvalue weighted by molar-refractivity contribution is 5.85. The summed E-state index contributed by atoms with van der Waals surface area (Å²) in [6.45, 7) is 6.34. The highest BCUT2D eigenvalue weighted by Gasteiger charge is 2.33. The minimum Gasteiger partial charge on any atom is -0.383 e. The summed E-state index contributed by atoms with van der Waals surface area (Å²) in [7, 11) is 1.71. The molecule has 1 heterocycles. The van der Waals surface area contributed by atoms with Gasteiger partial charge in [0.15, 0.2) is 0 Å². The third kappa shape index (κ3) is 4.82. The quantitative estimate of drug-likeness (QED) is 0.761. The molecule has 0 aromatic rings. The van der Waals surface area contributed by atoms with Gasteiger partial charge in [-0.3, -0.25) is 4.79 Å². The van der Waals surface area contributed by atoms with E-state index in [1.165, 1.54) is 0 Å². The first-order chi connectivity index (χ1) is 7.63. The van der Waals surface area contributed by atoms with Gasteiger partial charge >= 0.3 is 0 Å². The Labute approximate surface area is 110 Å². The molecular formula is C12H25ClN2O2. The molecule has 1 amide bonds. The summed E-state index contributed by atoms with van der Waals surface area (Å²) in [5.74, 6) is 0.243. The monoisotopic (exact) mass is 264 g/mol. The molecule has 0 radical (unpaired) electrons. The lowest BCUT2D eigenvalue weighted by Crippen LogP contribution is -2.53. The first-order valence-corrected chi connectivity index (χ1v) is 6.15. The van der Waals surface area contributed by atoms with E-state index >= 15 is 0 Å². The summed E-state index contributed by atoms with van der Waals surface area (Å²) in [5.41, 5.74) is -0.0438. The van der Waals surface area contributed by atoms with E-state index in [1.54, 1.807) is 7.11 Å². The predicted molar refractivity (Wildman–Crippen MR) is 71.6 cm³/mol. The number of ether oxygens (including phenoxy) is 1. The zero-order valence-corrected chi connectivity index (χ0v) is 11.9. The molecule has 0 spiro atoms. The van der Waals surface area contributed by atoms with Crippen LogP contribution in [0.1, 0.15) is 33.1 Å². The zero-order valence-electron chi connectivity index (χ0n) is 11.0. The highest BCUT2D eigenvalue weighted by Crippen LogP contribution is 2.19. The zero-order chi connectivity index (χ0) is 12.0. The van der Waals surface area contributed by atoms with Gasteiger partial charge in [-0.25, -0.2) is 0 Å². The molecule has 0 aromatic heterocycles. The van der Waals surface area contributed by atoms with E-state index in [2.05, 4.69) is 10.6 Å². The normalized spacial score (nSPS) is 25.1. The Morgan fingerprint density at radius 1 is 1.59 bits per heavy atom. The lowest BCUT2D eigenvalue weighted by Gasteiger charge is -2.29. The minimum atomic E-state index is -0.0438. The number of hydrogen-bond donors (Lipinski definition) is 2. The van der Waals surface area contributed by atoms with E-state index in [0.717, 1.165) is 25.8 Å². The molecule has 0 bridgehead atoms. The van der Waals surface area contributed by atoms with Crippen LogP contribution in [-0.2, 0) is 9.53 Å². The van der Waals surface area contributed by atoms with Crippen LogP contribution in [0.15, 0.2) is 0 Å². The van der Waals surface area contributed by atoms with Crippen molar-refractivity contribution in [3.8, 4) is 0 Å².